The van der Waals surface area contributed by atoms with Crippen LogP contribution < -0.4 is 10.9 Å². The van der Waals surface area contributed by atoms with E-state index in [1.165, 1.54) is 36.7 Å². The summed E-state index contributed by atoms with van der Waals surface area (Å²) in [5.41, 5.74) is 0.345. The molecule has 0 saturated carbocycles. The molecule has 1 heterocycles. The highest BCUT2D eigenvalue weighted by atomic mass is 19.3. The molecule has 3 aromatic rings. The van der Waals surface area contributed by atoms with Crippen molar-refractivity contribution in [3.05, 3.63) is 74.3 Å². The molecule has 2 N–H and O–H groups in total. The minimum atomic E-state index is -2.55. The van der Waals surface area contributed by atoms with Crippen LogP contribution >= 0.6 is 0 Å². The van der Waals surface area contributed by atoms with Gasteiger partial charge in [-0.05, 0) is 11.6 Å². The molecule has 0 aliphatic carbocycles. The molecule has 3 rings (SSSR count). The van der Waals surface area contributed by atoms with Gasteiger partial charge in [-0.3, -0.25) is 14.9 Å². The quantitative estimate of drug-likeness (QED) is 0.545. The number of halogens is 2. The Balaban J connectivity index is 1.91. The van der Waals surface area contributed by atoms with Crippen molar-refractivity contribution in [2.24, 2.45) is 0 Å². The number of nitro groups is 1. The summed E-state index contributed by atoms with van der Waals surface area (Å²) in [6.07, 6.45) is -1.34. The standard InChI is InChI=1S/C16H12F2N4O3/c17-15(18)10-3-1-9(2-4-10)7-19-13-6-12-11(5-14(13)22(24)25)16(23)21-8-20-12/h1-6,8,15,19H,7H2,(H,20,21,23). The van der Waals surface area contributed by atoms with Crippen LogP contribution in [0, 0.1) is 10.1 Å². The molecule has 0 spiro atoms. The Kier molecular flexibility index (Phi) is 4.38. The van der Waals surface area contributed by atoms with Gasteiger partial charge in [0.1, 0.15) is 5.69 Å². The number of rotatable bonds is 5. The lowest BCUT2D eigenvalue weighted by molar-refractivity contribution is -0.383. The van der Waals surface area contributed by atoms with E-state index in [0.29, 0.717) is 11.1 Å². The third-order valence-corrected chi connectivity index (χ3v) is 3.67. The summed E-state index contributed by atoms with van der Waals surface area (Å²) in [4.78, 5) is 28.7. The van der Waals surface area contributed by atoms with Gasteiger partial charge in [-0.1, -0.05) is 24.3 Å². The summed E-state index contributed by atoms with van der Waals surface area (Å²) in [6.45, 7) is 0.194. The second-order valence-electron chi connectivity index (χ2n) is 5.27. The van der Waals surface area contributed by atoms with E-state index < -0.39 is 16.9 Å². The molecule has 0 atom stereocenters. The normalized spacial score (nSPS) is 11.0. The number of H-pyrrole nitrogens is 1. The number of nitrogens with one attached hydrogen (secondary N) is 2. The number of fused-ring (bicyclic) bond motifs is 1. The van der Waals surface area contributed by atoms with E-state index in [-0.39, 0.29) is 28.9 Å². The highest BCUT2D eigenvalue weighted by molar-refractivity contribution is 5.86. The summed E-state index contributed by atoms with van der Waals surface area (Å²) in [7, 11) is 0. The average molecular weight is 346 g/mol. The zero-order valence-corrected chi connectivity index (χ0v) is 12.7. The van der Waals surface area contributed by atoms with Gasteiger partial charge in [0.05, 0.1) is 22.2 Å². The molecule has 1 aromatic heterocycles. The van der Waals surface area contributed by atoms with E-state index in [9.17, 15) is 23.7 Å². The first-order valence-corrected chi connectivity index (χ1v) is 7.22. The summed E-state index contributed by atoms with van der Waals surface area (Å²) in [5.74, 6) is 0. The van der Waals surface area contributed by atoms with Crippen LogP contribution in [0.3, 0.4) is 0 Å². The third kappa shape index (κ3) is 3.44. The van der Waals surface area contributed by atoms with Crippen molar-refractivity contribution in [2.75, 3.05) is 5.32 Å². The Morgan fingerprint density at radius 2 is 1.96 bits per heavy atom. The molecule has 0 unspecified atom stereocenters. The summed E-state index contributed by atoms with van der Waals surface area (Å²) in [6, 6.07) is 8.21. The van der Waals surface area contributed by atoms with Crippen molar-refractivity contribution in [3.63, 3.8) is 0 Å². The lowest BCUT2D eigenvalue weighted by Crippen LogP contribution is -2.09. The van der Waals surface area contributed by atoms with Crippen molar-refractivity contribution in [1.82, 2.24) is 9.97 Å². The Bertz CT molecular complexity index is 987. The molecule has 0 fully saturated rings. The number of hydrogen-bond donors (Lipinski definition) is 2. The topological polar surface area (TPSA) is 101 Å². The summed E-state index contributed by atoms with van der Waals surface area (Å²) in [5, 5.41) is 14.3. The lowest BCUT2D eigenvalue weighted by Gasteiger charge is -2.09. The van der Waals surface area contributed by atoms with Gasteiger partial charge in [-0.2, -0.15) is 0 Å². The van der Waals surface area contributed by atoms with Crippen LogP contribution in [0.1, 0.15) is 17.6 Å². The molecule has 9 heteroatoms. The fraction of sp³-hybridized carbons (Fsp3) is 0.125. The van der Waals surface area contributed by atoms with Gasteiger partial charge in [0.15, 0.2) is 0 Å². The predicted molar refractivity (Wildman–Crippen MR) is 87.7 cm³/mol. The van der Waals surface area contributed by atoms with E-state index in [4.69, 9.17) is 0 Å². The van der Waals surface area contributed by atoms with Gasteiger partial charge in [0, 0.05) is 18.2 Å². The number of nitrogens with zero attached hydrogens (tertiary/aromatic N) is 2. The first kappa shape index (κ1) is 16.5. The number of alkyl halides is 2. The number of anilines is 1. The minimum absolute atomic E-state index is 0.0936. The van der Waals surface area contributed by atoms with Crippen LogP contribution in [-0.4, -0.2) is 14.9 Å². The Labute approximate surface area is 139 Å². The van der Waals surface area contributed by atoms with E-state index in [2.05, 4.69) is 15.3 Å². The van der Waals surface area contributed by atoms with E-state index in [1.807, 2.05) is 0 Å². The molecule has 0 bridgehead atoms. The highest BCUT2D eigenvalue weighted by Crippen LogP contribution is 2.28. The molecule has 128 valence electrons. The predicted octanol–water partition coefficient (Wildman–Crippen LogP) is 3.38. The molecular formula is C16H12F2N4O3. The van der Waals surface area contributed by atoms with Gasteiger partial charge in [-0.15, -0.1) is 0 Å². The van der Waals surface area contributed by atoms with Crippen molar-refractivity contribution in [1.29, 1.82) is 0 Å². The van der Waals surface area contributed by atoms with Crippen LogP contribution in [0.5, 0.6) is 0 Å². The van der Waals surface area contributed by atoms with Crippen LogP contribution in [0.25, 0.3) is 10.9 Å². The van der Waals surface area contributed by atoms with Crippen LogP contribution in [0.4, 0.5) is 20.2 Å². The van der Waals surface area contributed by atoms with E-state index >= 15 is 0 Å². The fourth-order valence-electron chi connectivity index (χ4n) is 2.37. The molecule has 0 aliphatic rings. The number of aromatic amines is 1. The SMILES string of the molecule is O=c1[nH]cnc2cc(NCc3ccc(C(F)F)cc3)c([N+](=O)[O-])cc12. The first-order chi connectivity index (χ1) is 12.0. The number of benzene rings is 2. The summed E-state index contributed by atoms with van der Waals surface area (Å²) >= 11 is 0. The third-order valence-electron chi connectivity index (χ3n) is 3.67. The Morgan fingerprint density at radius 3 is 2.60 bits per heavy atom. The average Bonchev–Trinajstić information content (AvgIpc) is 2.59. The monoisotopic (exact) mass is 346 g/mol. The smallest absolute Gasteiger partial charge is 0.293 e. The number of nitro benzene ring substituents is 1. The van der Waals surface area contributed by atoms with Gasteiger partial charge in [-0.25, -0.2) is 13.8 Å². The second-order valence-corrected chi connectivity index (χ2v) is 5.27. The number of hydrogen-bond acceptors (Lipinski definition) is 5. The van der Waals surface area contributed by atoms with Gasteiger partial charge >= 0.3 is 0 Å². The number of aromatic nitrogens is 2. The molecular weight excluding hydrogens is 334 g/mol. The van der Waals surface area contributed by atoms with Crippen LogP contribution in [0.15, 0.2) is 47.5 Å². The highest BCUT2D eigenvalue weighted by Gasteiger charge is 2.17. The maximum absolute atomic E-state index is 12.5. The van der Waals surface area contributed by atoms with Crippen molar-refractivity contribution in [2.45, 2.75) is 13.0 Å². The molecule has 0 amide bonds. The maximum atomic E-state index is 12.5. The van der Waals surface area contributed by atoms with Crippen LogP contribution in [0.2, 0.25) is 0 Å². The largest absolute Gasteiger partial charge is 0.375 e. The van der Waals surface area contributed by atoms with Gasteiger partial charge < -0.3 is 10.3 Å². The van der Waals surface area contributed by atoms with Crippen LogP contribution in [-0.2, 0) is 6.54 Å². The van der Waals surface area contributed by atoms with E-state index in [0.717, 1.165) is 6.07 Å². The van der Waals surface area contributed by atoms with E-state index in [1.54, 1.807) is 0 Å². The van der Waals surface area contributed by atoms with Gasteiger partial charge in [0.2, 0.25) is 0 Å². The van der Waals surface area contributed by atoms with Crippen molar-refractivity contribution < 1.29 is 13.7 Å². The Morgan fingerprint density at radius 1 is 1.24 bits per heavy atom. The Hall–Kier alpha value is -3.36. The minimum Gasteiger partial charge on any atom is -0.375 e. The van der Waals surface area contributed by atoms with Crippen molar-refractivity contribution in [3.8, 4) is 0 Å². The fourth-order valence-corrected chi connectivity index (χ4v) is 2.37. The maximum Gasteiger partial charge on any atom is 0.293 e. The second kappa shape index (κ2) is 6.63. The molecule has 0 radical (unpaired) electrons. The summed E-state index contributed by atoms with van der Waals surface area (Å²) < 4.78 is 25.1. The molecule has 2 aromatic carbocycles. The first-order valence-electron chi connectivity index (χ1n) is 7.22. The van der Waals surface area contributed by atoms with Crippen molar-refractivity contribution >= 4 is 22.3 Å². The zero-order chi connectivity index (χ0) is 18.0. The zero-order valence-electron chi connectivity index (χ0n) is 12.7. The molecule has 0 aliphatic heterocycles. The molecule has 0 saturated heterocycles. The molecule has 25 heavy (non-hydrogen) atoms. The molecule has 7 nitrogen and oxygen atoms in total. The van der Waals surface area contributed by atoms with Gasteiger partial charge in [0.25, 0.3) is 17.7 Å². The lowest BCUT2D eigenvalue weighted by atomic mass is 10.1.